The van der Waals surface area contributed by atoms with E-state index in [9.17, 15) is 14.0 Å². The van der Waals surface area contributed by atoms with Crippen LogP contribution in [0.15, 0.2) is 20.8 Å². The molecular weight excluding hydrogens is 323 g/mol. The predicted octanol–water partition coefficient (Wildman–Crippen LogP) is 0.520. The van der Waals surface area contributed by atoms with E-state index in [1.165, 1.54) is 17.3 Å². The van der Waals surface area contributed by atoms with Gasteiger partial charge >= 0.3 is 5.69 Å². The van der Waals surface area contributed by atoms with Gasteiger partial charge < -0.3 is 9.84 Å². The number of rotatable bonds is 3. The number of hydrogen-bond acceptors (Lipinski definition) is 4. The summed E-state index contributed by atoms with van der Waals surface area (Å²) < 4.78 is 19.8. The fourth-order valence-electron chi connectivity index (χ4n) is 1.92. The van der Waals surface area contributed by atoms with Crippen LogP contribution in [0, 0.1) is 0 Å². The van der Waals surface area contributed by atoms with E-state index in [1.54, 1.807) is 0 Å². The molecule has 6 nitrogen and oxygen atoms in total. The molecule has 0 spiro atoms. The first-order valence-electron chi connectivity index (χ1n) is 5.59. The van der Waals surface area contributed by atoms with Crippen LogP contribution in [0.25, 0.3) is 6.08 Å². The van der Waals surface area contributed by atoms with Gasteiger partial charge in [-0.05, 0) is 11.1 Å². The quantitative estimate of drug-likeness (QED) is 0.844. The minimum absolute atomic E-state index is 0.0470. The Balaban J connectivity index is 2.38. The molecule has 19 heavy (non-hydrogen) atoms. The van der Waals surface area contributed by atoms with Crippen molar-refractivity contribution in [1.82, 2.24) is 9.55 Å². The van der Waals surface area contributed by atoms with Gasteiger partial charge in [0.2, 0.25) is 0 Å². The van der Waals surface area contributed by atoms with Crippen molar-refractivity contribution in [2.24, 2.45) is 0 Å². The van der Waals surface area contributed by atoms with Crippen LogP contribution in [-0.4, -0.2) is 33.5 Å². The van der Waals surface area contributed by atoms with Gasteiger partial charge in [0.05, 0.1) is 12.2 Å². The minimum atomic E-state index is -1.34. The molecule has 1 aliphatic heterocycles. The molecule has 1 fully saturated rings. The number of halogens is 2. The summed E-state index contributed by atoms with van der Waals surface area (Å²) in [5.74, 6) is 0. The van der Waals surface area contributed by atoms with Crippen LogP contribution in [-0.2, 0) is 4.74 Å². The molecule has 2 rings (SSSR count). The third-order valence-corrected chi connectivity index (χ3v) is 3.15. The monoisotopic (exact) mass is 334 g/mol. The topological polar surface area (TPSA) is 84.3 Å². The number of aromatic nitrogens is 2. The van der Waals surface area contributed by atoms with Crippen LogP contribution in [0.5, 0.6) is 0 Å². The Morgan fingerprint density at radius 3 is 2.95 bits per heavy atom. The van der Waals surface area contributed by atoms with Crippen LogP contribution in [0.1, 0.15) is 18.2 Å². The highest BCUT2D eigenvalue weighted by Crippen LogP contribution is 2.29. The smallest absolute Gasteiger partial charge is 0.330 e. The zero-order chi connectivity index (χ0) is 14.0. The Morgan fingerprint density at radius 1 is 1.63 bits per heavy atom. The fraction of sp³-hybridized carbons (Fsp3) is 0.455. The van der Waals surface area contributed by atoms with Gasteiger partial charge in [0.15, 0.2) is 0 Å². The molecule has 0 unspecified atom stereocenters. The summed E-state index contributed by atoms with van der Waals surface area (Å²) in [6, 6.07) is 0. The first-order valence-corrected chi connectivity index (χ1v) is 6.51. The second kappa shape index (κ2) is 5.81. The molecule has 0 bridgehead atoms. The average molecular weight is 335 g/mol. The summed E-state index contributed by atoms with van der Waals surface area (Å²) in [5.41, 5.74) is -0.971. The third-order valence-electron chi connectivity index (χ3n) is 2.89. The van der Waals surface area contributed by atoms with Crippen molar-refractivity contribution >= 4 is 22.0 Å². The Bertz CT molecular complexity index is 597. The molecule has 0 saturated carbocycles. The van der Waals surface area contributed by atoms with Gasteiger partial charge in [0.1, 0.15) is 18.5 Å². The van der Waals surface area contributed by atoms with E-state index in [0.29, 0.717) is 0 Å². The summed E-state index contributed by atoms with van der Waals surface area (Å²) in [6.45, 7) is -0.454. The molecule has 0 amide bonds. The molecule has 2 N–H and O–H groups in total. The highest BCUT2D eigenvalue weighted by Gasteiger charge is 2.36. The minimum Gasteiger partial charge on any atom is -0.394 e. The van der Waals surface area contributed by atoms with E-state index in [0.717, 1.165) is 4.57 Å². The fourth-order valence-corrected chi connectivity index (χ4v) is 2.21. The lowest BCUT2D eigenvalue weighted by molar-refractivity contribution is -0.0356. The number of aromatic amines is 1. The summed E-state index contributed by atoms with van der Waals surface area (Å²) in [5, 5.41) is 8.93. The molecule has 3 atom stereocenters. The summed E-state index contributed by atoms with van der Waals surface area (Å²) >= 11 is 3.03. The number of hydrogen-bond donors (Lipinski definition) is 2. The molecule has 1 saturated heterocycles. The highest BCUT2D eigenvalue weighted by molar-refractivity contribution is 9.11. The lowest BCUT2D eigenvalue weighted by Crippen LogP contribution is -2.33. The standard InChI is InChI=1S/C11H12BrFN2O4/c12-2-1-6-4-15(11(18)14-10(6)17)9-3-7(13)8(5-16)19-9/h1-2,4,7-9,16H,3,5H2,(H,14,17,18)/b2-1+/t7-,8+,9+/m0/s1. The second-order valence-corrected chi connectivity index (χ2v) is 4.64. The van der Waals surface area contributed by atoms with Crippen LogP contribution < -0.4 is 11.2 Å². The second-order valence-electron chi connectivity index (χ2n) is 4.11. The number of nitrogens with zero attached hydrogens (tertiary/aromatic N) is 1. The molecule has 1 aromatic rings. The van der Waals surface area contributed by atoms with Crippen LogP contribution >= 0.6 is 15.9 Å². The molecule has 1 aliphatic rings. The van der Waals surface area contributed by atoms with Gasteiger partial charge in [-0.2, -0.15) is 0 Å². The molecule has 0 radical (unpaired) electrons. The molecular formula is C11H12BrFN2O4. The van der Waals surface area contributed by atoms with E-state index in [4.69, 9.17) is 9.84 Å². The molecule has 104 valence electrons. The molecule has 8 heteroatoms. The van der Waals surface area contributed by atoms with Gasteiger partial charge in [-0.15, -0.1) is 0 Å². The Morgan fingerprint density at radius 2 is 2.37 bits per heavy atom. The van der Waals surface area contributed by atoms with Crippen molar-refractivity contribution in [2.45, 2.75) is 24.9 Å². The van der Waals surface area contributed by atoms with Crippen molar-refractivity contribution in [3.05, 3.63) is 37.6 Å². The van der Waals surface area contributed by atoms with E-state index in [-0.39, 0.29) is 12.0 Å². The number of alkyl halides is 1. The van der Waals surface area contributed by atoms with Gasteiger partial charge in [0, 0.05) is 12.6 Å². The lowest BCUT2D eigenvalue weighted by atomic mass is 10.2. The highest BCUT2D eigenvalue weighted by atomic mass is 79.9. The van der Waals surface area contributed by atoms with E-state index < -0.39 is 36.4 Å². The van der Waals surface area contributed by atoms with E-state index in [1.807, 2.05) is 0 Å². The SMILES string of the molecule is O=c1[nH]c(=O)n([C@H]2C[C@H](F)[C@@H](CO)O2)cc1/C=C/Br. The zero-order valence-electron chi connectivity index (χ0n) is 9.75. The first-order chi connectivity index (χ1) is 9.06. The average Bonchev–Trinajstić information content (AvgIpc) is 2.74. The van der Waals surface area contributed by atoms with Gasteiger partial charge in [-0.1, -0.05) is 15.9 Å². The molecule has 2 heterocycles. The number of nitrogens with one attached hydrogen (secondary N) is 1. The van der Waals surface area contributed by atoms with Crippen LogP contribution in [0.2, 0.25) is 0 Å². The van der Waals surface area contributed by atoms with Crippen molar-refractivity contribution in [3.63, 3.8) is 0 Å². The normalized spacial score (nSPS) is 27.2. The third kappa shape index (κ3) is 2.85. The van der Waals surface area contributed by atoms with Crippen LogP contribution in [0.3, 0.4) is 0 Å². The Hall–Kier alpha value is -1.25. The maximum absolute atomic E-state index is 13.5. The first kappa shape index (κ1) is 14.2. The number of aliphatic hydroxyl groups is 1. The molecule has 0 aromatic carbocycles. The van der Waals surface area contributed by atoms with Gasteiger partial charge in [-0.3, -0.25) is 14.3 Å². The Kier molecular flexibility index (Phi) is 4.33. The number of H-pyrrole nitrogens is 1. The molecule has 0 aliphatic carbocycles. The van der Waals surface area contributed by atoms with Crippen molar-refractivity contribution < 1.29 is 14.2 Å². The Labute approximate surface area is 115 Å². The van der Waals surface area contributed by atoms with Gasteiger partial charge in [-0.25, -0.2) is 9.18 Å². The maximum Gasteiger partial charge on any atom is 0.330 e. The maximum atomic E-state index is 13.5. The van der Waals surface area contributed by atoms with Crippen molar-refractivity contribution in [1.29, 1.82) is 0 Å². The zero-order valence-corrected chi connectivity index (χ0v) is 11.3. The number of ether oxygens (including phenoxy) is 1. The van der Waals surface area contributed by atoms with E-state index >= 15 is 0 Å². The van der Waals surface area contributed by atoms with E-state index in [2.05, 4.69) is 20.9 Å². The molecule has 1 aromatic heterocycles. The summed E-state index contributed by atoms with van der Waals surface area (Å²) in [7, 11) is 0. The largest absolute Gasteiger partial charge is 0.394 e. The van der Waals surface area contributed by atoms with Crippen molar-refractivity contribution in [3.8, 4) is 0 Å². The van der Waals surface area contributed by atoms with Gasteiger partial charge in [0.25, 0.3) is 5.56 Å². The summed E-state index contributed by atoms with van der Waals surface area (Å²) in [6.07, 6.45) is -0.410. The summed E-state index contributed by atoms with van der Waals surface area (Å²) in [4.78, 5) is 26.8. The van der Waals surface area contributed by atoms with Crippen LogP contribution in [0.4, 0.5) is 4.39 Å². The van der Waals surface area contributed by atoms with Crippen molar-refractivity contribution in [2.75, 3.05) is 6.61 Å². The number of aliphatic hydroxyl groups excluding tert-OH is 1. The lowest BCUT2D eigenvalue weighted by Gasteiger charge is -2.14. The predicted molar refractivity (Wildman–Crippen MR) is 69.8 cm³/mol.